The molecule has 0 saturated heterocycles. The Morgan fingerprint density at radius 2 is 1.92 bits per heavy atom. The molecule has 5 rings (SSSR count). The van der Waals surface area contributed by atoms with E-state index in [0.717, 1.165) is 22.0 Å². The van der Waals surface area contributed by atoms with Crippen LogP contribution in [0.2, 0.25) is 5.02 Å². The van der Waals surface area contributed by atoms with Crippen LogP contribution in [0, 0.1) is 11.3 Å². The minimum Gasteiger partial charge on any atom is -0.587 e. The maximum absolute atomic E-state index is 14.1. The van der Waals surface area contributed by atoms with Crippen molar-refractivity contribution >= 4 is 51.2 Å². The first kappa shape index (κ1) is 25.8. The van der Waals surface area contributed by atoms with E-state index in [9.17, 15) is 14.6 Å². The first-order valence-corrected chi connectivity index (χ1v) is 13.8. The predicted octanol–water partition coefficient (Wildman–Crippen LogP) is 6.47. The lowest BCUT2D eigenvalue weighted by molar-refractivity contribution is -0.141. The number of aromatic nitrogens is 2. The van der Waals surface area contributed by atoms with Gasteiger partial charge in [-0.2, -0.15) is 9.23 Å². The summed E-state index contributed by atoms with van der Waals surface area (Å²) in [7, 11) is 1.32. The molecule has 38 heavy (non-hydrogen) atoms. The molecule has 10 heteroatoms. The van der Waals surface area contributed by atoms with Crippen molar-refractivity contribution in [2.45, 2.75) is 11.3 Å². The number of carbonyl (C=O) groups is 1. The molecule has 0 aliphatic rings. The number of thiophene rings is 1. The van der Waals surface area contributed by atoms with Crippen LogP contribution in [-0.2, 0) is 20.9 Å². The van der Waals surface area contributed by atoms with Crippen LogP contribution in [0.4, 0.5) is 0 Å². The predicted molar refractivity (Wildman–Crippen MR) is 149 cm³/mol. The maximum atomic E-state index is 14.1. The van der Waals surface area contributed by atoms with E-state index >= 15 is 0 Å². The fraction of sp³-hybridized carbons (Fsp3) is 0.107. The van der Waals surface area contributed by atoms with Gasteiger partial charge >= 0.3 is 5.97 Å². The summed E-state index contributed by atoms with van der Waals surface area (Å²) in [6.45, 7) is 0.0960. The van der Waals surface area contributed by atoms with E-state index in [-0.39, 0.29) is 19.0 Å². The number of fused-ring (bicyclic) bond motifs is 1. The Hall–Kier alpha value is -3.81. The molecule has 0 fully saturated rings. The van der Waals surface area contributed by atoms with Crippen LogP contribution in [0.3, 0.4) is 0 Å². The number of halogens is 1. The minimum absolute atomic E-state index is 0.0783. The number of rotatable bonds is 8. The largest absolute Gasteiger partial charge is 0.587 e. The van der Waals surface area contributed by atoms with Gasteiger partial charge in [0.2, 0.25) is 5.88 Å². The third-order valence-corrected chi connectivity index (χ3v) is 8.26. The van der Waals surface area contributed by atoms with Crippen LogP contribution in [0.5, 0.6) is 5.88 Å². The molecule has 0 radical (unpaired) electrons. The summed E-state index contributed by atoms with van der Waals surface area (Å²) in [6, 6.07) is 23.9. The molecule has 3 heterocycles. The summed E-state index contributed by atoms with van der Waals surface area (Å²) in [5.41, 5.74) is 3.28. The van der Waals surface area contributed by atoms with Crippen LogP contribution < -0.4 is 4.74 Å². The number of pyridine rings is 1. The quantitative estimate of drug-likeness (QED) is 0.159. The average Bonchev–Trinajstić information content (AvgIpc) is 3.55. The molecule has 0 spiro atoms. The van der Waals surface area contributed by atoms with Crippen molar-refractivity contribution < 1.29 is 18.8 Å². The number of ether oxygens (including phenoxy) is 2. The molecular formula is C28H20ClN3O4S2. The van der Waals surface area contributed by atoms with E-state index in [2.05, 4.69) is 10.8 Å². The summed E-state index contributed by atoms with van der Waals surface area (Å²) >= 11 is 5.76. The molecule has 0 bridgehead atoms. The standard InChI is InChI=1S/C28H20ClN3O4S2/c1-35-26(33)13-15-36-25-8-4-6-22(31-25)28-27(21-14-16-37-24(21)17-30)20-5-2-3-7-23(20)32(28)38(34)19-11-9-18(29)10-12-19/h2-12,14,16H,13,15H2,1H3. The van der Waals surface area contributed by atoms with E-state index in [1.165, 1.54) is 18.4 Å². The number of para-hydroxylation sites is 1. The zero-order valence-electron chi connectivity index (χ0n) is 20.1. The number of esters is 1. The first-order chi connectivity index (χ1) is 18.5. The highest BCUT2D eigenvalue weighted by Crippen LogP contribution is 2.44. The molecule has 7 nitrogen and oxygen atoms in total. The Morgan fingerprint density at radius 3 is 2.68 bits per heavy atom. The smallest absolute Gasteiger partial charge is 0.308 e. The van der Waals surface area contributed by atoms with Gasteiger partial charge in [0, 0.05) is 27.6 Å². The molecule has 0 aliphatic heterocycles. The van der Waals surface area contributed by atoms with Crippen LogP contribution in [0.1, 0.15) is 11.3 Å². The normalized spacial score (nSPS) is 11.7. The van der Waals surface area contributed by atoms with E-state index < -0.39 is 11.4 Å². The van der Waals surface area contributed by atoms with Gasteiger partial charge in [0.25, 0.3) is 0 Å². The molecule has 0 aliphatic carbocycles. The molecule has 1 atom stereocenters. The van der Waals surface area contributed by atoms with E-state index in [1.54, 1.807) is 46.4 Å². The highest BCUT2D eigenvalue weighted by atomic mass is 35.5. The van der Waals surface area contributed by atoms with Crippen molar-refractivity contribution in [3.8, 4) is 34.5 Å². The lowest BCUT2D eigenvalue weighted by Crippen LogP contribution is -2.15. The Kier molecular flexibility index (Phi) is 7.67. The highest BCUT2D eigenvalue weighted by molar-refractivity contribution is 7.90. The maximum Gasteiger partial charge on any atom is 0.308 e. The topological polar surface area (TPSA) is 100 Å². The Labute approximate surface area is 231 Å². The number of carbonyl (C=O) groups excluding carboxylic acids is 1. The summed E-state index contributed by atoms with van der Waals surface area (Å²) in [5, 5.41) is 13.1. The molecule has 0 N–H and O–H groups in total. The lowest BCUT2D eigenvalue weighted by atomic mass is 10.0. The van der Waals surface area contributed by atoms with Crippen LogP contribution in [0.15, 0.2) is 83.1 Å². The number of methoxy groups -OCH3 is 1. The monoisotopic (exact) mass is 561 g/mol. The zero-order chi connectivity index (χ0) is 26.6. The number of hydrogen-bond donors (Lipinski definition) is 0. The molecule has 2 aromatic carbocycles. The van der Waals surface area contributed by atoms with Gasteiger partial charge < -0.3 is 14.0 Å². The van der Waals surface area contributed by atoms with Crippen molar-refractivity contribution in [1.29, 1.82) is 5.26 Å². The summed E-state index contributed by atoms with van der Waals surface area (Å²) in [5.74, 6) is -0.0827. The number of benzene rings is 2. The fourth-order valence-corrected chi connectivity index (χ4v) is 6.19. The second kappa shape index (κ2) is 11.3. The van der Waals surface area contributed by atoms with Crippen LogP contribution in [0.25, 0.3) is 33.4 Å². The van der Waals surface area contributed by atoms with E-state index in [0.29, 0.717) is 32.1 Å². The zero-order valence-corrected chi connectivity index (χ0v) is 22.5. The SMILES string of the molecule is COC(=O)CCOc1cccc(-c2c(-c3ccsc3C#N)c3ccccc3n2[S+]([O-])c2ccc(Cl)cc2)n1. The molecule has 5 aromatic rings. The lowest BCUT2D eigenvalue weighted by Gasteiger charge is -2.16. The van der Waals surface area contributed by atoms with Gasteiger partial charge in [0.15, 0.2) is 4.90 Å². The van der Waals surface area contributed by atoms with Crippen molar-refractivity contribution in [3.05, 3.63) is 88.1 Å². The van der Waals surface area contributed by atoms with Crippen molar-refractivity contribution in [2.24, 2.45) is 0 Å². The molecular weight excluding hydrogens is 542 g/mol. The Balaban J connectivity index is 1.74. The highest BCUT2D eigenvalue weighted by Gasteiger charge is 2.30. The number of hydrogen-bond acceptors (Lipinski definition) is 7. The molecule has 0 amide bonds. The van der Waals surface area contributed by atoms with Gasteiger partial charge in [-0.15, -0.1) is 11.3 Å². The molecule has 0 saturated carbocycles. The third-order valence-electron chi connectivity index (χ3n) is 5.80. The summed E-state index contributed by atoms with van der Waals surface area (Å²) in [4.78, 5) is 17.3. The summed E-state index contributed by atoms with van der Waals surface area (Å²) in [6.07, 6.45) is 0.0783. The van der Waals surface area contributed by atoms with Crippen molar-refractivity contribution in [1.82, 2.24) is 8.96 Å². The summed E-state index contributed by atoms with van der Waals surface area (Å²) < 4.78 is 26.3. The average molecular weight is 562 g/mol. The van der Waals surface area contributed by atoms with Gasteiger partial charge in [0.1, 0.15) is 34.6 Å². The van der Waals surface area contributed by atoms with Gasteiger partial charge in [-0.3, -0.25) is 4.79 Å². The Morgan fingerprint density at radius 1 is 1.13 bits per heavy atom. The fourth-order valence-electron chi connectivity index (χ4n) is 4.11. The molecule has 3 aromatic heterocycles. The Bertz CT molecular complexity index is 1660. The number of nitriles is 1. The van der Waals surface area contributed by atoms with Gasteiger partial charge in [-0.05, 0) is 47.8 Å². The van der Waals surface area contributed by atoms with Gasteiger partial charge in [-0.1, -0.05) is 35.9 Å². The van der Waals surface area contributed by atoms with Crippen LogP contribution >= 0.6 is 22.9 Å². The minimum atomic E-state index is -1.67. The van der Waals surface area contributed by atoms with Crippen LogP contribution in [-0.4, -0.2) is 33.2 Å². The van der Waals surface area contributed by atoms with E-state index in [4.69, 9.17) is 21.3 Å². The van der Waals surface area contributed by atoms with Crippen molar-refractivity contribution in [2.75, 3.05) is 13.7 Å². The van der Waals surface area contributed by atoms with E-state index in [1.807, 2.05) is 35.7 Å². The third kappa shape index (κ3) is 4.99. The second-order valence-electron chi connectivity index (χ2n) is 8.05. The van der Waals surface area contributed by atoms with Crippen molar-refractivity contribution in [3.63, 3.8) is 0 Å². The molecule has 1 unspecified atom stereocenters. The first-order valence-electron chi connectivity index (χ1n) is 11.5. The number of nitrogens with zero attached hydrogens (tertiary/aromatic N) is 3. The molecule has 190 valence electrons. The second-order valence-corrected chi connectivity index (χ2v) is 10.7. The van der Waals surface area contributed by atoms with Gasteiger partial charge in [0.05, 0.1) is 24.7 Å². The van der Waals surface area contributed by atoms with Gasteiger partial charge in [-0.25, -0.2) is 4.98 Å².